The molecule has 0 saturated heterocycles. The van der Waals surface area contributed by atoms with E-state index in [4.69, 9.17) is 9.84 Å². The molecule has 0 aromatic heterocycles. The van der Waals surface area contributed by atoms with Gasteiger partial charge in [-0.2, -0.15) is 0 Å². The van der Waals surface area contributed by atoms with Crippen molar-refractivity contribution in [1.82, 2.24) is 4.72 Å². The molecule has 0 heterocycles. The van der Waals surface area contributed by atoms with Crippen molar-refractivity contribution in [2.45, 2.75) is 43.4 Å². The summed E-state index contributed by atoms with van der Waals surface area (Å²) in [6, 6.07) is 1.34. The van der Waals surface area contributed by atoms with Crippen LogP contribution in [-0.2, 0) is 21.4 Å². The largest absolute Gasteiger partial charge is 0.392 e. The van der Waals surface area contributed by atoms with Crippen molar-refractivity contribution in [1.29, 1.82) is 0 Å². The monoisotopic (exact) mass is 321 g/mol. The molecule has 1 aromatic rings. The van der Waals surface area contributed by atoms with Gasteiger partial charge in [0.1, 0.15) is 4.90 Å². The van der Waals surface area contributed by atoms with Gasteiger partial charge in [-0.25, -0.2) is 21.9 Å². The number of benzene rings is 1. The standard InChI is InChI=1S/C13H17F2NO4S/c1-2-20-10-5-9(6-10)16-21(18,19)12-4-8(7-17)3-11(14)13(12)15/h3-4,9-10,16-17H,2,5-7H2,1H3. The van der Waals surface area contributed by atoms with Gasteiger partial charge in [0.25, 0.3) is 0 Å². The van der Waals surface area contributed by atoms with Crippen molar-refractivity contribution in [2.24, 2.45) is 0 Å². The van der Waals surface area contributed by atoms with E-state index in [9.17, 15) is 17.2 Å². The number of hydrogen-bond donors (Lipinski definition) is 2. The van der Waals surface area contributed by atoms with E-state index in [0.29, 0.717) is 19.4 Å². The minimum atomic E-state index is -4.18. The molecule has 8 heteroatoms. The lowest BCUT2D eigenvalue weighted by Gasteiger charge is -2.35. The summed E-state index contributed by atoms with van der Waals surface area (Å²) in [4.78, 5) is -0.786. The van der Waals surface area contributed by atoms with E-state index in [1.807, 2.05) is 6.92 Å². The van der Waals surface area contributed by atoms with Gasteiger partial charge in [0.05, 0.1) is 12.7 Å². The molecule has 118 valence electrons. The Morgan fingerprint density at radius 2 is 2.05 bits per heavy atom. The first-order valence-corrected chi connectivity index (χ1v) is 8.08. The lowest BCUT2D eigenvalue weighted by Crippen LogP contribution is -2.47. The van der Waals surface area contributed by atoms with E-state index < -0.39 is 33.2 Å². The van der Waals surface area contributed by atoms with Gasteiger partial charge in [0.2, 0.25) is 10.0 Å². The minimum Gasteiger partial charge on any atom is -0.392 e. The molecule has 1 fully saturated rings. The Morgan fingerprint density at radius 3 is 2.62 bits per heavy atom. The van der Waals surface area contributed by atoms with Crippen molar-refractivity contribution in [3.05, 3.63) is 29.3 Å². The zero-order chi connectivity index (χ0) is 15.6. The van der Waals surface area contributed by atoms with Crippen LogP contribution in [0.3, 0.4) is 0 Å². The Morgan fingerprint density at radius 1 is 1.38 bits per heavy atom. The summed E-state index contributed by atoms with van der Waals surface area (Å²) in [6.45, 7) is 1.81. The zero-order valence-electron chi connectivity index (χ0n) is 11.5. The zero-order valence-corrected chi connectivity index (χ0v) is 12.3. The Bertz CT molecular complexity index is 615. The van der Waals surface area contributed by atoms with Crippen LogP contribution in [0.4, 0.5) is 8.78 Å². The number of rotatable bonds is 6. The summed E-state index contributed by atoms with van der Waals surface area (Å²) in [5.74, 6) is -2.75. The van der Waals surface area contributed by atoms with E-state index in [0.717, 1.165) is 12.1 Å². The van der Waals surface area contributed by atoms with E-state index in [2.05, 4.69) is 4.72 Å². The smallest absolute Gasteiger partial charge is 0.243 e. The maximum absolute atomic E-state index is 13.7. The number of ether oxygens (including phenoxy) is 1. The highest BCUT2D eigenvalue weighted by Crippen LogP contribution is 2.26. The summed E-state index contributed by atoms with van der Waals surface area (Å²) in [5, 5.41) is 8.96. The maximum Gasteiger partial charge on any atom is 0.243 e. The van der Waals surface area contributed by atoms with Gasteiger partial charge in [0.15, 0.2) is 11.6 Å². The van der Waals surface area contributed by atoms with Gasteiger partial charge < -0.3 is 9.84 Å². The molecule has 21 heavy (non-hydrogen) atoms. The third-order valence-corrected chi connectivity index (χ3v) is 4.87. The first kappa shape index (κ1) is 16.3. The second-order valence-corrected chi connectivity index (χ2v) is 6.60. The van der Waals surface area contributed by atoms with Crippen molar-refractivity contribution < 1.29 is 27.0 Å². The highest BCUT2D eigenvalue weighted by atomic mass is 32.2. The molecule has 2 rings (SSSR count). The number of aliphatic hydroxyl groups is 1. The predicted molar refractivity (Wildman–Crippen MR) is 71.0 cm³/mol. The fraction of sp³-hybridized carbons (Fsp3) is 0.538. The summed E-state index contributed by atoms with van der Waals surface area (Å²) < 4.78 is 58.9. The molecule has 1 aliphatic carbocycles. The molecule has 2 N–H and O–H groups in total. The molecule has 0 spiro atoms. The van der Waals surface area contributed by atoms with Crippen LogP contribution in [0.2, 0.25) is 0 Å². The minimum absolute atomic E-state index is 0.00456. The summed E-state index contributed by atoms with van der Waals surface area (Å²) in [5.41, 5.74) is -0.00456. The molecule has 0 atom stereocenters. The van der Waals surface area contributed by atoms with Crippen molar-refractivity contribution >= 4 is 10.0 Å². The van der Waals surface area contributed by atoms with Crippen LogP contribution in [0.15, 0.2) is 17.0 Å². The number of halogens is 2. The summed E-state index contributed by atoms with van der Waals surface area (Å²) in [6.07, 6.45) is 0.987. The normalized spacial score (nSPS) is 22.1. The van der Waals surface area contributed by atoms with Crippen molar-refractivity contribution in [3.8, 4) is 0 Å². The third kappa shape index (κ3) is 3.57. The second kappa shape index (κ2) is 6.35. The highest BCUT2D eigenvalue weighted by Gasteiger charge is 2.34. The summed E-state index contributed by atoms with van der Waals surface area (Å²) in [7, 11) is -4.18. The molecule has 0 unspecified atom stereocenters. The number of aliphatic hydroxyl groups excluding tert-OH is 1. The molecular weight excluding hydrogens is 304 g/mol. The van der Waals surface area contributed by atoms with Crippen molar-refractivity contribution in [2.75, 3.05) is 6.61 Å². The Kier molecular flexibility index (Phi) is 4.92. The van der Waals surface area contributed by atoms with E-state index in [-0.39, 0.29) is 17.7 Å². The molecule has 1 saturated carbocycles. The van der Waals surface area contributed by atoms with Gasteiger partial charge >= 0.3 is 0 Å². The Labute approximate surface area is 122 Å². The Balaban J connectivity index is 2.15. The van der Waals surface area contributed by atoms with E-state index in [1.54, 1.807) is 0 Å². The van der Waals surface area contributed by atoms with Crippen LogP contribution in [-0.4, -0.2) is 32.3 Å². The first-order valence-electron chi connectivity index (χ1n) is 6.60. The van der Waals surface area contributed by atoms with Crippen LogP contribution in [0.5, 0.6) is 0 Å². The van der Waals surface area contributed by atoms with Gasteiger partial charge in [-0.05, 0) is 37.5 Å². The first-order chi connectivity index (χ1) is 9.87. The molecule has 0 amide bonds. The fourth-order valence-corrected chi connectivity index (χ4v) is 3.62. The van der Waals surface area contributed by atoms with Gasteiger partial charge in [-0.15, -0.1) is 0 Å². The SMILES string of the molecule is CCOC1CC(NS(=O)(=O)c2cc(CO)cc(F)c2F)C1. The second-order valence-electron chi connectivity index (χ2n) is 4.91. The average molecular weight is 321 g/mol. The summed E-state index contributed by atoms with van der Waals surface area (Å²) >= 11 is 0. The molecule has 1 aliphatic rings. The lowest BCUT2D eigenvalue weighted by molar-refractivity contribution is -0.00476. The third-order valence-electron chi connectivity index (χ3n) is 3.35. The Hall–Kier alpha value is -1.09. The van der Waals surface area contributed by atoms with Crippen LogP contribution in [0.1, 0.15) is 25.3 Å². The predicted octanol–water partition coefficient (Wildman–Crippen LogP) is 1.30. The number of sulfonamides is 1. The molecule has 1 aromatic carbocycles. The quantitative estimate of drug-likeness (QED) is 0.828. The van der Waals surface area contributed by atoms with Crippen LogP contribution >= 0.6 is 0 Å². The average Bonchev–Trinajstić information content (AvgIpc) is 2.39. The van der Waals surface area contributed by atoms with Gasteiger partial charge in [0, 0.05) is 12.6 Å². The van der Waals surface area contributed by atoms with Gasteiger partial charge in [-0.1, -0.05) is 0 Å². The van der Waals surface area contributed by atoms with Crippen LogP contribution in [0, 0.1) is 11.6 Å². The molecule has 0 bridgehead atoms. The number of nitrogens with one attached hydrogen (secondary N) is 1. The lowest BCUT2D eigenvalue weighted by atomic mass is 9.90. The topological polar surface area (TPSA) is 75.6 Å². The van der Waals surface area contributed by atoms with E-state index in [1.165, 1.54) is 0 Å². The molecule has 0 aliphatic heterocycles. The maximum atomic E-state index is 13.7. The molecule has 0 radical (unpaired) electrons. The van der Waals surface area contributed by atoms with Crippen LogP contribution < -0.4 is 4.72 Å². The van der Waals surface area contributed by atoms with Crippen LogP contribution in [0.25, 0.3) is 0 Å². The van der Waals surface area contributed by atoms with Gasteiger partial charge in [-0.3, -0.25) is 0 Å². The molecular formula is C13H17F2NO4S. The van der Waals surface area contributed by atoms with E-state index >= 15 is 0 Å². The fourth-order valence-electron chi connectivity index (χ4n) is 2.22. The molecule has 5 nitrogen and oxygen atoms in total. The number of hydrogen-bond acceptors (Lipinski definition) is 4. The highest BCUT2D eigenvalue weighted by molar-refractivity contribution is 7.89. The van der Waals surface area contributed by atoms with Crippen molar-refractivity contribution in [3.63, 3.8) is 0 Å².